The van der Waals surface area contributed by atoms with Crippen LogP contribution in [0.25, 0.3) is 0 Å². The Labute approximate surface area is 234 Å². The number of anilines is 2. The number of thiazole rings is 1. The van der Waals surface area contributed by atoms with Gasteiger partial charge in [0, 0.05) is 31.2 Å². The molecule has 0 saturated heterocycles. The van der Waals surface area contributed by atoms with Crippen LogP contribution in [0.2, 0.25) is 0 Å². The number of nitrogen functional groups attached to an aromatic ring is 1. The fourth-order valence-corrected chi connectivity index (χ4v) is 4.53. The zero-order chi connectivity index (χ0) is 31.0. The van der Waals surface area contributed by atoms with E-state index in [9.17, 15) is 61.0 Å². The third-order valence-corrected chi connectivity index (χ3v) is 6.80. The van der Waals surface area contributed by atoms with Gasteiger partial charge in [-0.1, -0.05) is 11.3 Å². The number of methoxy groups -OCH3 is 1. The Morgan fingerprint density at radius 2 is 1.49 bits per heavy atom. The summed E-state index contributed by atoms with van der Waals surface area (Å²) >= 11 is 0.702. The van der Waals surface area contributed by atoms with Crippen molar-refractivity contribution < 1.29 is 65.7 Å². The smallest absolute Gasteiger partial charge is 0.230 e. The van der Waals surface area contributed by atoms with Crippen LogP contribution in [0.1, 0.15) is 28.5 Å². The van der Waals surface area contributed by atoms with Crippen LogP contribution in [-0.4, -0.2) is 86.6 Å². The molecule has 0 aliphatic heterocycles. The molecule has 0 bridgehead atoms. The van der Waals surface area contributed by atoms with E-state index in [2.05, 4.69) is 10.3 Å². The van der Waals surface area contributed by atoms with Crippen LogP contribution in [0.15, 0.2) is 0 Å². The summed E-state index contributed by atoms with van der Waals surface area (Å²) in [4.78, 5) is 16.1. The highest BCUT2D eigenvalue weighted by Crippen LogP contribution is 2.51. The minimum atomic E-state index is -3.00. The van der Waals surface area contributed by atoms with E-state index in [0.29, 0.717) is 11.3 Å². The van der Waals surface area contributed by atoms with E-state index in [1.54, 1.807) is 0 Å². The second kappa shape index (κ2) is 11.5. The van der Waals surface area contributed by atoms with Gasteiger partial charge in [0.2, 0.25) is 23.3 Å². The summed E-state index contributed by atoms with van der Waals surface area (Å²) in [5.74, 6) is -12.2. The predicted molar refractivity (Wildman–Crippen MR) is 140 cm³/mol. The van der Waals surface area contributed by atoms with E-state index in [0.717, 1.165) is 7.11 Å². The molecule has 3 aromatic rings. The number of carbonyl (C=O) groups is 1. The van der Waals surface area contributed by atoms with Crippen molar-refractivity contribution in [2.45, 2.75) is 31.8 Å². The Hall–Kier alpha value is -4.62. The largest absolute Gasteiger partial charge is 0.504 e. The molecule has 0 aliphatic rings. The van der Waals surface area contributed by atoms with Crippen molar-refractivity contribution in [1.82, 2.24) is 10.3 Å². The SMILES string of the molecule is COC(CNC(O)(O)Cc1c(O)c(O)c(NC(=O)Cc2nc(N)sc2O)c(O)c1O)c1c(C)c(O)c(O)c(O)c1O. The monoisotopic (exact) mass is 600 g/mol. The molecule has 2 aromatic carbocycles. The summed E-state index contributed by atoms with van der Waals surface area (Å²) in [6, 6.07) is 0. The second-order valence-corrected chi connectivity index (χ2v) is 9.82. The lowest BCUT2D eigenvalue weighted by molar-refractivity contribution is -0.188. The number of amides is 1. The van der Waals surface area contributed by atoms with Gasteiger partial charge in [-0.3, -0.25) is 10.1 Å². The predicted octanol–water partition coefficient (Wildman–Crippen LogP) is -0.276. The summed E-state index contributed by atoms with van der Waals surface area (Å²) in [5.41, 5.74) is 3.40. The van der Waals surface area contributed by atoms with Gasteiger partial charge in [0.1, 0.15) is 11.4 Å². The van der Waals surface area contributed by atoms with Gasteiger partial charge in [0.05, 0.1) is 18.1 Å². The van der Waals surface area contributed by atoms with Crippen LogP contribution in [0, 0.1) is 6.92 Å². The minimum Gasteiger partial charge on any atom is -0.504 e. The number of hydrogen-bond acceptors (Lipinski definition) is 17. The fourth-order valence-electron chi connectivity index (χ4n) is 3.94. The highest BCUT2D eigenvalue weighted by atomic mass is 32.1. The molecule has 0 fully saturated rings. The number of aromatic nitrogens is 1. The van der Waals surface area contributed by atoms with Crippen molar-refractivity contribution in [1.29, 1.82) is 0 Å². The zero-order valence-electron chi connectivity index (χ0n) is 21.4. The van der Waals surface area contributed by atoms with Gasteiger partial charge in [0.25, 0.3) is 0 Å². The first-order chi connectivity index (χ1) is 19.0. The first-order valence-electron chi connectivity index (χ1n) is 11.4. The molecule has 0 spiro atoms. The number of phenols is 8. The Kier molecular flexibility index (Phi) is 8.65. The van der Waals surface area contributed by atoms with E-state index in [4.69, 9.17) is 10.5 Å². The average Bonchev–Trinajstić information content (AvgIpc) is 3.23. The number of hydrogen-bond donors (Lipinski definition) is 14. The van der Waals surface area contributed by atoms with E-state index in [1.165, 1.54) is 6.92 Å². The molecule has 0 aliphatic carbocycles. The normalized spacial score (nSPS) is 12.4. The molecule has 1 heterocycles. The molecule has 1 unspecified atom stereocenters. The number of phenolic OH excluding ortho intramolecular Hbond substituents is 8. The molecule has 41 heavy (non-hydrogen) atoms. The van der Waals surface area contributed by atoms with Crippen LogP contribution in [0.5, 0.6) is 51.1 Å². The third kappa shape index (κ3) is 6.10. The average molecular weight is 601 g/mol. The Morgan fingerprint density at radius 3 is 2.00 bits per heavy atom. The number of benzene rings is 2. The lowest BCUT2D eigenvalue weighted by atomic mass is 9.98. The maximum atomic E-state index is 12.3. The summed E-state index contributed by atoms with van der Waals surface area (Å²) < 4.78 is 5.19. The van der Waals surface area contributed by atoms with E-state index >= 15 is 0 Å². The molecule has 1 amide bonds. The van der Waals surface area contributed by atoms with Crippen molar-refractivity contribution in [3.8, 4) is 51.1 Å². The van der Waals surface area contributed by atoms with Crippen LogP contribution >= 0.6 is 11.3 Å². The molecule has 0 saturated carbocycles. The van der Waals surface area contributed by atoms with Gasteiger partial charge >= 0.3 is 0 Å². The molecule has 3 rings (SSSR count). The Morgan fingerprint density at radius 1 is 0.927 bits per heavy atom. The van der Waals surface area contributed by atoms with Crippen LogP contribution in [-0.2, 0) is 22.4 Å². The number of aromatic hydroxyl groups is 9. The molecular weight excluding hydrogens is 572 g/mol. The van der Waals surface area contributed by atoms with Gasteiger partial charge in [-0.25, -0.2) is 4.98 Å². The quantitative estimate of drug-likeness (QED) is 0.0808. The topological polar surface area (TPSA) is 312 Å². The number of nitrogens with two attached hydrogens (primary N) is 1. The number of ether oxygens (including phenoxy) is 1. The zero-order valence-corrected chi connectivity index (χ0v) is 22.2. The van der Waals surface area contributed by atoms with Gasteiger partial charge in [-0.05, 0) is 6.92 Å². The first kappa shape index (κ1) is 30.9. The first-order valence-corrected chi connectivity index (χ1v) is 12.2. The van der Waals surface area contributed by atoms with E-state index in [1.807, 2.05) is 5.32 Å². The van der Waals surface area contributed by atoms with Gasteiger partial charge in [-0.15, -0.1) is 0 Å². The molecule has 17 nitrogen and oxygen atoms in total. The van der Waals surface area contributed by atoms with Gasteiger partial charge in [-0.2, -0.15) is 0 Å². The fraction of sp³-hybridized carbons (Fsp3) is 0.304. The van der Waals surface area contributed by atoms with Crippen LogP contribution in [0.3, 0.4) is 0 Å². The molecule has 18 heteroatoms. The number of nitrogens with one attached hydrogen (secondary N) is 2. The van der Waals surface area contributed by atoms with Gasteiger partial charge < -0.3 is 72.0 Å². The summed E-state index contributed by atoms with van der Waals surface area (Å²) in [5, 5.41) is 116. The number of nitrogens with zero attached hydrogens (tertiary/aromatic N) is 1. The third-order valence-electron chi connectivity index (χ3n) is 6.07. The van der Waals surface area contributed by atoms with Crippen LogP contribution in [0.4, 0.5) is 10.8 Å². The minimum absolute atomic E-state index is 0.0242. The lowest BCUT2D eigenvalue weighted by Gasteiger charge is -2.28. The molecular formula is C23H28N4O13S. The van der Waals surface area contributed by atoms with Crippen molar-refractivity contribution >= 4 is 28.1 Å². The Bertz CT molecular complexity index is 1430. The number of carbonyl (C=O) groups excluding carboxylic acids is 1. The second-order valence-electron chi connectivity index (χ2n) is 8.81. The molecule has 15 N–H and O–H groups in total. The highest BCUT2D eigenvalue weighted by Gasteiger charge is 2.34. The molecule has 1 aromatic heterocycles. The highest BCUT2D eigenvalue weighted by molar-refractivity contribution is 7.17. The lowest BCUT2D eigenvalue weighted by Crippen LogP contribution is -2.48. The summed E-state index contributed by atoms with van der Waals surface area (Å²) in [7, 11) is 1.15. The summed E-state index contributed by atoms with van der Waals surface area (Å²) in [6.07, 6.45) is -2.92. The maximum absolute atomic E-state index is 12.3. The summed E-state index contributed by atoms with van der Waals surface area (Å²) in [6.45, 7) is 0.723. The molecule has 224 valence electrons. The van der Waals surface area contributed by atoms with Crippen LogP contribution < -0.4 is 16.4 Å². The van der Waals surface area contributed by atoms with Crippen molar-refractivity contribution in [2.75, 3.05) is 24.7 Å². The van der Waals surface area contributed by atoms with E-state index in [-0.39, 0.29) is 27.0 Å². The number of aliphatic hydroxyl groups is 2. The number of rotatable bonds is 10. The van der Waals surface area contributed by atoms with Crippen molar-refractivity contribution in [3.05, 3.63) is 22.4 Å². The van der Waals surface area contributed by atoms with Crippen molar-refractivity contribution in [3.63, 3.8) is 0 Å². The van der Waals surface area contributed by atoms with Crippen molar-refractivity contribution in [2.24, 2.45) is 0 Å². The standard InChI is InChI=1S/C23H28N4O13S/c1-6-11(16(32)20(36)19(35)13(6)29)9(40-2)5-25-23(38,39)4-7-14(30)17(33)12(18(34)15(7)31)27-10(28)3-8-21(37)41-22(24)26-8/h9,25,29-39H,3-5H2,1-2H3,(H2,24,26)(H,27,28). The van der Waals surface area contributed by atoms with E-state index < -0.39 is 94.6 Å². The Balaban J connectivity index is 1.82. The van der Waals surface area contributed by atoms with Gasteiger partial charge in [0.15, 0.2) is 44.7 Å². The maximum Gasteiger partial charge on any atom is 0.230 e. The molecule has 0 radical (unpaired) electrons. The molecule has 1 atom stereocenters.